The van der Waals surface area contributed by atoms with Gasteiger partial charge in [-0.15, -0.1) is 11.3 Å². The fourth-order valence-electron chi connectivity index (χ4n) is 1.65. The van der Waals surface area contributed by atoms with Crippen molar-refractivity contribution in [2.24, 2.45) is 0 Å². The summed E-state index contributed by atoms with van der Waals surface area (Å²) in [7, 11) is 1.55. The molecule has 0 unspecified atom stereocenters. The molecule has 1 N–H and O–H groups in total. The molecular weight excluding hydrogens is 360 g/mol. The average molecular weight is 369 g/mol. The first kappa shape index (κ1) is 15.4. The number of aromatic nitrogens is 1. The summed E-state index contributed by atoms with van der Waals surface area (Å²) in [5, 5.41) is 2.81. The zero-order valence-electron chi connectivity index (χ0n) is 10.2. The van der Waals surface area contributed by atoms with E-state index in [9.17, 15) is 17.6 Å². The van der Waals surface area contributed by atoms with E-state index in [0.29, 0.717) is 10.0 Å². The summed E-state index contributed by atoms with van der Waals surface area (Å²) >= 11 is 4.01. The fraction of sp³-hybridized carbons (Fsp3) is 0.250. The molecule has 0 fully saturated rings. The van der Waals surface area contributed by atoms with Crippen LogP contribution in [0.15, 0.2) is 22.7 Å². The predicted octanol–water partition coefficient (Wildman–Crippen LogP) is 4.45. The number of alkyl halides is 3. The highest BCUT2D eigenvalue weighted by molar-refractivity contribution is 9.10. The molecule has 1 aromatic carbocycles. The van der Waals surface area contributed by atoms with Crippen LogP contribution in [0.25, 0.3) is 10.6 Å². The molecule has 0 saturated heterocycles. The molecule has 0 bridgehead atoms. The Hall–Kier alpha value is -0.990. The normalized spacial score (nSPS) is 11.9. The summed E-state index contributed by atoms with van der Waals surface area (Å²) < 4.78 is 52.4. The fourth-order valence-corrected chi connectivity index (χ4v) is 3.20. The van der Waals surface area contributed by atoms with Crippen molar-refractivity contribution in [2.45, 2.75) is 12.7 Å². The van der Waals surface area contributed by atoms with Crippen LogP contribution < -0.4 is 5.32 Å². The first-order chi connectivity index (χ1) is 9.31. The summed E-state index contributed by atoms with van der Waals surface area (Å²) in [4.78, 5) is 3.70. The van der Waals surface area contributed by atoms with Gasteiger partial charge in [0.1, 0.15) is 10.8 Å². The molecule has 108 valence electrons. The third kappa shape index (κ3) is 3.36. The van der Waals surface area contributed by atoms with E-state index in [0.717, 1.165) is 17.4 Å². The Labute approximate surface area is 125 Å². The Morgan fingerprint density at radius 1 is 1.30 bits per heavy atom. The Bertz CT molecular complexity index is 604. The summed E-state index contributed by atoms with van der Waals surface area (Å²) in [6, 6.07) is 3.93. The Morgan fingerprint density at radius 2 is 2.00 bits per heavy atom. The molecule has 0 amide bonds. The van der Waals surface area contributed by atoms with Crippen LogP contribution >= 0.6 is 27.3 Å². The molecule has 0 spiro atoms. The first-order valence-electron chi connectivity index (χ1n) is 5.49. The van der Waals surface area contributed by atoms with Crippen LogP contribution in [0.3, 0.4) is 0 Å². The van der Waals surface area contributed by atoms with Crippen molar-refractivity contribution in [3.63, 3.8) is 0 Å². The third-order valence-corrected chi connectivity index (χ3v) is 3.97. The number of halogens is 5. The molecule has 0 aliphatic carbocycles. The summed E-state index contributed by atoms with van der Waals surface area (Å²) in [6.07, 6.45) is -4.52. The lowest BCUT2D eigenvalue weighted by atomic mass is 10.2. The zero-order chi connectivity index (χ0) is 14.9. The first-order valence-corrected chi connectivity index (χ1v) is 7.10. The zero-order valence-corrected chi connectivity index (χ0v) is 12.6. The molecule has 20 heavy (non-hydrogen) atoms. The minimum absolute atomic E-state index is 0.0585. The van der Waals surface area contributed by atoms with Gasteiger partial charge in [0, 0.05) is 16.6 Å². The largest absolute Gasteiger partial charge is 0.434 e. The van der Waals surface area contributed by atoms with Crippen LogP contribution in [0.4, 0.5) is 17.6 Å². The van der Waals surface area contributed by atoms with E-state index in [1.54, 1.807) is 7.05 Å². The van der Waals surface area contributed by atoms with Crippen LogP contribution in [0.1, 0.15) is 10.6 Å². The number of nitrogens with zero attached hydrogens (tertiary/aromatic N) is 1. The molecule has 0 atom stereocenters. The van der Waals surface area contributed by atoms with Crippen molar-refractivity contribution in [3.8, 4) is 10.6 Å². The minimum atomic E-state index is -4.52. The lowest BCUT2D eigenvalue weighted by Gasteiger charge is -2.04. The maximum Gasteiger partial charge on any atom is 0.434 e. The molecule has 1 aromatic heterocycles. The molecule has 0 aliphatic heterocycles. The van der Waals surface area contributed by atoms with Crippen LogP contribution in [0, 0.1) is 5.82 Å². The lowest BCUT2D eigenvalue weighted by molar-refractivity contribution is -0.141. The number of nitrogens with one attached hydrogen (secondary N) is 1. The Morgan fingerprint density at radius 3 is 2.55 bits per heavy atom. The molecule has 2 nitrogen and oxygen atoms in total. The minimum Gasteiger partial charge on any atom is -0.315 e. The summed E-state index contributed by atoms with van der Waals surface area (Å²) in [5.41, 5.74) is -0.609. The van der Waals surface area contributed by atoms with Gasteiger partial charge in [0.25, 0.3) is 0 Å². The highest BCUT2D eigenvalue weighted by Gasteiger charge is 2.37. The quantitative estimate of drug-likeness (QED) is 0.809. The Kier molecular flexibility index (Phi) is 4.46. The third-order valence-electron chi connectivity index (χ3n) is 2.41. The van der Waals surface area contributed by atoms with E-state index in [2.05, 4.69) is 26.2 Å². The van der Waals surface area contributed by atoms with Crippen molar-refractivity contribution >= 4 is 27.3 Å². The monoisotopic (exact) mass is 368 g/mol. The number of rotatable bonds is 3. The van der Waals surface area contributed by atoms with Gasteiger partial charge in [-0.3, -0.25) is 0 Å². The van der Waals surface area contributed by atoms with Gasteiger partial charge in [-0.25, -0.2) is 9.37 Å². The lowest BCUT2D eigenvalue weighted by Crippen LogP contribution is -2.12. The van der Waals surface area contributed by atoms with Gasteiger partial charge >= 0.3 is 6.18 Å². The maximum atomic E-state index is 13.3. The highest BCUT2D eigenvalue weighted by atomic mass is 79.9. The molecule has 0 saturated carbocycles. The molecule has 0 aliphatic rings. The molecule has 2 aromatic rings. The Balaban J connectivity index is 2.52. The van der Waals surface area contributed by atoms with E-state index in [4.69, 9.17) is 0 Å². The molecular formula is C12H9BrF4N2S. The number of benzene rings is 1. The SMILES string of the molecule is CNCc1sc(-c2cc(F)cc(Br)c2)nc1C(F)(F)F. The molecule has 0 radical (unpaired) electrons. The van der Waals surface area contributed by atoms with Crippen molar-refractivity contribution < 1.29 is 17.6 Å². The van der Waals surface area contributed by atoms with Gasteiger partial charge in [0.15, 0.2) is 5.69 Å². The number of hydrogen-bond acceptors (Lipinski definition) is 3. The predicted molar refractivity (Wildman–Crippen MR) is 73.0 cm³/mol. The molecule has 8 heteroatoms. The van der Waals surface area contributed by atoms with Gasteiger partial charge in [0.2, 0.25) is 0 Å². The van der Waals surface area contributed by atoms with Crippen molar-refractivity contribution in [1.29, 1.82) is 0 Å². The van der Waals surface area contributed by atoms with E-state index >= 15 is 0 Å². The summed E-state index contributed by atoms with van der Waals surface area (Å²) in [5.74, 6) is -0.534. The van der Waals surface area contributed by atoms with E-state index in [1.165, 1.54) is 12.1 Å². The second-order valence-electron chi connectivity index (χ2n) is 3.98. The van der Waals surface area contributed by atoms with Crippen molar-refractivity contribution in [2.75, 3.05) is 7.05 Å². The second kappa shape index (κ2) is 5.79. The smallest absolute Gasteiger partial charge is 0.315 e. The van der Waals surface area contributed by atoms with Crippen molar-refractivity contribution in [1.82, 2.24) is 10.3 Å². The van der Waals surface area contributed by atoms with Crippen LogP contribution in [0.2, 0.25) is 0 Å². The second-order valence-corrected chi connectivity index (χ2v) is 5.98. The van der Waals surface area contributed by atoms with Crippen molar-refractivity contribution in [3.05, 3.63) is 39.1 Å². The molecule has 2 rings (SSSR count). The van der Waals surface area contributed by atoms with Gasteiger partial charge in [-0.1, -0.05) is 15.9 Å². The van der Waals surface area contributed by atoms with E-state index in [-0.39, 0.29) is 16.4 Å². The van der Waals surface area contributed by atoms with Crippen LogP contribution in [-0.4, -0.2) is 12.0 Å². The standard InChI is InChI=1S/C12H9BrF4N2S/c1-18-5-9-10(12(15,16)17)19-11(20-9)6-2-7(13)4-8(14)3-6/h2-4,18H,5H2,1H3. The van der Waals surface area contributed by atoms with Crippen LogP contribution in [-0.2, 0) is 12.7 Å². The van der Waals surface area contributed by atoms with Gasteiger partial charge in [0.05, 0.1) is 4.88 Å². The highest BCUT2D eigenvalue weighted by Crippen LogP contribution is 2.38. The molecule has 1 heterocycles. The average Bonchev–Trinajstić information content (AvgIpc) is 2.72. The maximum absolute atomic E-state index is 13.3. The topological polar surface area (TPSA) is 24.9 Å². The number of thiazole rings is 1. The van der Waals surface area contributed by atoms with E-state index < -0.39 is 17.7 Å². The van der Waals surface area contributed by atoms with Gasteiger partial charge in [-0.2, -0.15) is 13.2 Å². The van der Waals surface area contributed by atoms with E-state index in [1.807, 2.05) is 0 Å². The number of hydrogen-bond donors (Lipinski definition) is 1. The van der Waals surface area contributed by atoms with Crippen LogP contribution in [0.5, 0.6) is 0 Å². The summed E-state index contributed by atoms with van der Waals surface area (Å²) in [6.45, 7) is 0.0585. The van der Waals surface area contributed by atoms with Gasteiger partial charge < -0.3 is 5.32 Å². The van der Waals surface area contributed by atoms with Gasteiger partial charge in [-0.05, 0) is 25.2 Å².